The number of carbonyl (C=O) groups is 1. The van der Waals surface area contributed by atoms with Gasteiger partial charge in [0.25, 0.3) is 5.91 Å². The lowest BCUT2D eigenvalue weighted by atomic mass is 10.3. The summed E-state index contributed by atoms with van der Waals surface area (Å²) in [7, 11) is 0. The van der Waals surface area contributed by atoms with Gasteiger partial charge in [-0.2, -0.15) is 11.8 Å². The third-order valence-electron chi connectivity index (χ3n) is 1.83. The fourth-order valence-electron chi connectivity index (χ4n) is 1.11. The van der Waals surface area contributed by atoms with E-state index in [1.807, 2.05) is 13.2 Å². The molecule has 1 rings (SSSR count). The van der Waals surface area contributed by atoms with E-state index in [1.165, 1.54) is 12.4 Å². The zero-order valence-corrected chi connectivity index (χ0v) is 10.0. The molecule has 0 aliphatic carbocycles. The lowest BCUT2D eigenvalue weighted by Crippen LogP contribution is -2.34. The SMILES string of the molecule is CSCC(C)NC(=O)c1cnc(NN)cn1. The molecule has 4 N–H and O–H groups in total. The molecule has 1 heterocycles. The van der Waals surface area contributed by atoms with Crippen molar-refractivity contribution < 1.29 is 4.79 Å². The van der Waals surface area contributed by atoms with Gasteiger partial charge in [-0.3, -0.25) is 4.79 Å². The highest BCUT2D eigenvalue weighted by molar-refractivity contribution is 7.98. The maximum atomic E-state index is 11.7. The Balaban J connectivity index is 2.59. The van der Waals surface area contributed by atoms with Crippen LogP contribution >= 0.6 is 11.8 Å². The Morgan fingerprint density at radius 3 is 2.81 bits per heavy atom. The first kappa shape index (κ1) is 12.7. The Kier molecular flexibility index (Phi) is 5.00. The minimum atomic E-state index is -0.224. The molecule has 0 saturated heterocycles. The Labute approximate surface area is 98.4 Å². The number of hydrogen-bond donors (Lipinski definition) is 3. The number of hydrogen-bond acceptors (Lipinski definition) is 6. The van der Waals surface area contributed by atoms with Gasteiger partial charge in [0, 0.05) is 11.8 Å². The number of nitrogens with one attached hydrogen (secondary N) is 2. The highest BCUT2D eigenvalue weighted by atomic mass is 32.2. The average Bonchev–Trinajstić information content (AvgIpc) is 2.29. The van der Waals surface area contributed by atoms with Crippen LogP contribution in [0.5, 0.6) is 0 Å². The summed E-state index contributed by atoms with van der Waals surface area (Å²) in [6, 6.07) is 0.108. The summed E-state index contributed by atoms with van der Waals surface area (Å²) in [4.78, 5) is 19.5. The van der Waals surface area contributed by atoms with E-state index in [1.54, 1.807) is 11.8 Å². The molecule has 1 amide bonds. The lowest BCUT2D eigenvalue weighted by Gasteiger charge is -2.11. The summed E-state index contributed by atoms with van der Waals surface area (Å²) in [6.07, 6.45) is 4.79. The zero-order chi connectivity index (χ0) is 12.0. The number of hydrazine groups is 1. The standard InChI is InChI=1S/C9H15N5OS/c1-6(5-16-2)13-9(15)7-3-12-8(14-10)4-11-7/h3-4,6H,5,10H2,1-2H3,(H,12,14)(H,13,15). The molecule has 0 radical (unpaired) electrons. The summed E-state index contributed by atoms with van der Waals surface area (Å²) in [5.41, 5.74) is 2.63. The first-order chi connectivity index (χ1) is 7.67. The van der Waals surface area contributed by atoms with Gasteiger partial charge < -0.3 is 10.7 Å². The molecule has 1 atom stereocenters. The number of aromatic nitrogens is 2. The van der Waals surface area contributed by atoms with Crippen LogP contribution in [0, 0.1) is 0 Å². The van der Waals surface area contributed by atoms with Crippen LogP contribution in [0.4, 0.5) is 5.82 Å². The summed E-state index contributed by atoms with van der Waals surface area (Å²) in [6.45, 7) is 1.94. The Morgan fingerprint density at radius 1 is 1.56 bits per heavy atom. The zero-order valence-electron chi connectivity index (χ0n) is 9.23. The topological polar surface area (TPSA) is 92.9 Å². The van der Waals surface area contributed by atoms with E-state index >= 15 is 0 Å². The van der Waals surface area contributed by atoms with Crippen LogP contribution in [-0.2, 0) is 0 Å². The van der Waals surface area contributed by atoms with Crippen LogP contribution in [0.15, 0.2) is 12.4 Å². The molecular weight excluding hydrogens is 226 g/mol. The number of thioether (sulfide) groups is 1. The van der Waals surface area contributed by atoms with E-state index < -0.39 is 0 Å². The maximum Gasteiger partial charge on any atom is 0.271 e. The molecule has 7 heteroatoms. The first-order valence-electron chi connectivity index (χ1n) is 4.75. The monoisotopic (exact) mass is 241 g/mol. The van der Waals surface area contributed by atoms with Crippen molar-refractivity contribution in [2.24, 2.45) is 5.84 Å². The number of carbonyl (C=O) groups excluding carboxylic acids is 1. The largest absolute Gasteiger partial charge is 0.347 e. The van der Waals surface area contributed by atoms with Crippen LogP contribution in [0.3, 0.4) is 0 Å². The van der Waals surface area contributed by atoms with Gasteiger partial charge in [-0.05, 0) is 13.2 Å². The number of nitrogen functional groups attached to an aromatic ring is 1. The highest BCUT2D eigenvalue weighted by Gasteiger charge is 2.10. The summed E-state index contributed by atoms with van der Waals surface area (Å²) in [5.74, 6) is 6.20. The van der Waals surface area contributed by atoms with E-state index in [0.717, 1.165) is 5.75 Å². The van der Waals surface area contributed by atoms with E-state index in [0.29, 0.717) is 5.82 Å². The molecule has 1 aromatic rings. The first-order valence-corrected chi connectivity index (χ1v) is 6.15. The maximum absolute atomic E-state index is 11.7. The third kappa shape index (κ3) is 3.67. The Hall–Kier alpha value is -1.34. The van der Waals surface area contributed by atoms with Crippen LogP contribution < -0.4 is 16.6 Å². The van der Waals surface area contributed by atoms with Gasteiger partial charge in [0.05, 0.1) is 12.4 Å². The number of amides is 1. The molecule has 16 heavy (non-hydrogen) atoms. The predicted octanol–water partition coefficient (Wildman–Crippen LogP) is 0.243. The molecule has 0 aliphatic heterocycles. The van der Waals surface area contributed by atoms with Gasteiger partial charge in [-0.1, -0.05) is 0 Å². The normalized spacial score (nSPS) is 11.9. The number of nitrogens with zero attached hydrogens (tertiary/aromatic N) is 2. The number of nitrogens with two attached hydrogens (primary N) is 1. The fourth-order valence-corrected chi connectivity index (χ4v) is 1.69. The second-order valence-corrected chi connectivity index (χ2v) is 4.17. The van der Waals surface area contributed by atoms with Crippen molar-refractivity contribution in [2.45, 2.75) is 13.0 Å². The van der Waals surface area contributed by atoms with E-state index in [-0.39, 0.29) is 17.6 Å². The quantitative estimate of drug-likeness (QED) is 0.505. The lowest BCUT2D eigenvalue weighted by molar-refractivity contribution is 0.0938. The minimum Gasteiger partial charge on any atom is -0.347 e. The summed E-state index contributed by atoms with van der Waals surface area (Å²) in [5, 5.41) is 2.82. The fraction of sp³-hybridized carbons (Fsp3) is 0.444. The van der Waals surface area contributed by atoms with Gasteiger partial charge in [0.2, 0.25) is 0 Å². The molecular formula is C9H15N5OS. The van der Waals surface area contributed by atoms with Crippen molar-refractivity contribution in [3.63, 3.8) is 0 Å². The molecule has 88 valence electrons. The Morgan fingerprint density at radius 2 is 2.31 bits per heavy atom. The van der Waals surface area contributed by atoms with Gasteiger partial charge in [0.1, 0.15) is 5.69 Å². The second kappa shape index (κ2) is 6.29. The van der Waals surface area contributed by atoms with Gasteiger partial charge in [-0.25, -0.2) is 15.8 Å². The molecule has 0 aromatic carbocycles. The van der Waals surface area contributed by atoms with E-state index in [2.05, 4.69) is 20.7 Å². The average molecular weight is 241 g/mol. The van der Waals surface area contributed by atoms with Crippen LogP contribution in [0.25, 0.3) is 0 Å². The van der Waals surface area contributed by atoms with Gasteiger partial charge >= 0.3 is 0 Å². The van der Waals surface area contributed by atoms with Gasteiger partial charge in [-0.15, -0.1) is 0 Å². The second-order valence-electron chi connectivity index (χ2n) is 3.26. The smallest absolute Gasteiger partial charge is 0.271 e. The summed E-state index contributed by atoms with van der Waals surface area (Å²) >= 11 is 1.68. The van der Waals surface area contributed by atoms with Crippen molar-refractivity contribution in [3.05, 3.63) is 18.1 Å². The van der Waals surface area contributed by atoms with Crippen molar-refractivity contribution in [1.29, 1.82) is 0 Å². The van der Waals surface area contributed by atoms with Crippen molar-refractivity contribution in [1.82, 2.24) is 15.3 Å². The van der Waals surface area contributed by atoms with Crippen molar-refractivity contribution in [2.75, 3.05) is 17.4 Å². The summed E-state index contributed by atoms with van der Waals surface area (Å²) < 4.78 is 0. The van der Waals surface area contributed by atoms with Gasteiger partial charge in [0.15, 0.2) is 5.82 Å². The third-order valence-corrected chi connectivity index (χ3v) is 2.66. The van der Waals surface area contributed by atoms with Crippen molar-refractivity contribution in [3.8, 4) is 0 Å². The molecule has 0 saturated carbocycles. The predicted molar refractivity (Wildman–Crippen MR) is 65.2 cm³/mol. The molecule has 0 spiro atoms. The molecule has 1 aromatic heterocycles. The number of rotatable bonds is 5. The molecule has 0 bridgehead atoms. The molecule has 0 aliphatic rings. The van der Waals surface area contributed by atoms with E-state index in [9.17, 15) is 4.79 Å². The molecule has 0 fully saturated rings. The number of anilines is 1. The highest BCUT2D eigenvalue weighted by Crippen LogP contribution is 2.01. The van der Waals surface area contributed by atoms with Crippen molar-refractivity contribution >= 4 is 23.5 Å². The van der Waals surface area contributed by atoms with Crippen LogP contribution in [0.2, 0.25) is 0 Å². The Bertz CT molecular complexity index is 342. The van der Waals surface area contributed by atoms with Crippen LogP contribution in [0.1, 0.15) is 17.4 Å². The molecule has 1 unspecified atom stereocenters. The molecule has 6 nitrogen and oxygen atoms in total. The van der Waals surface area contributed by atoms with Crippen LogP contribution in [-0.4, -0.2) is 33.9 Å². The van der Waals surface area contributed by atoms with E-state index in [4.69, 9.17) is 5.84 Å². The minimum absolute atomic E-state index is 0.108.